The average molecular weight is 332 g/mol. The van der Waals surface area contributed by atoms with Gasteiger partial charge in [-0.3, -0.25) is 14.5 Å². The number of anilines is 1. The highest BCUT2D eigenvalue weighted by molar-refractivity contribution is 8.02. The van der Waals surface area contributed by atoms with Crippen LogP contribution in [0.25, 0.3) is 0 Å². The molecule has 4 rings (SSSR count). The van der Waals surface area contributed by atoms with Crippen molar-refractivity contribution in [2.24, 2.45) is 0 Å². The molecule has 3 heterocycles. The normalized spacial score (nSPS) is 27.3. The first-order valence-electron chi connectivity index (χ1n) is 8.09. The summed E-state index contributed by atoms with van der Waals surface area (Å²) in [6.07, 6.45) is 3.01. The lowest BCUT2D eigenvalue weighted by molar-refractivity contribution is -0.136. The van der Waals surface area contributed by atoms with Gasteiger partial charge >= 0.3 is 0 Å². The molecule has 122 valence electrons. The zero-order valence-corrected chi connectivity index (χ0v) is 14.0. The van der Waals surface area contributed by atoms with E-state index in [2.05, 4.69) is 0 Å². The van der Waals surface area contributed by atoms with E-state index < -0.39 is 4.87 Å². The van der Waals surface area contributed by atoms with Gasteiger partial charge in [-0.05, 0) is 31.4 Å². The summed E-state index contributed by atoms with van der Waals surface area (Å²) in [7, 11) is 1.72. The summed E-state index contributed by atoms with van der Waals surface area (Å²) in [5, 5.41) is 0. The average Bonchev–Trinajstić information content (AvgIpc) is 3.10. The van der Waals surface area contributed by atoms with Gasteiger partial charge in [-0.2, -0.15) is 0 Å². The second kappa shape index (κ2) is 5.53. The number of benzene rings is 1. The van der Waals surface area contributed by atoms with Crippen molar-refractivity contribution < 1.29 is 14.3 Å². The number of hydrogen-bond donors (Lipinski definition) is 0. The Morgan fingerprint density at radius 3 is 2.78 bits per heavy atom. The van der Waals surface area contributed by atoms with Crippen LogP contribution >= 0.6 is 11.8 Å². The molecule has 5 nitrogen and oxygen atoms in total. The van der Waals surface area contributed by atoms with Gasteiger partial charge in [-0.25, -0.2) is 0 Å². The summed E-state index contributed by atoms with van der Waals surface area (Å²) in [5.41, 5.74) is 0.889. The fourth-order valence-electron chi connectivity index (χ4n) is 3.82. The molecule has 3 aliphatic rings. The highest BCUT2D eigenvalue weighted by Crippen LogP contribution is 2.56. The molecule has 0 N–H and O–H groups in total. The smallest absolute Gasteiger partial charge is 0.259 e. The van der Waals surface area contributed by atoms with Crippen molar-refractivity contribution in [3.8, 4) is 0 Å². The van der Waals surface area contributed by atoms with Gasteiger partial charge in [0.15, 0.2) is 4.87 Å². The number of rotatable bonds is 2. The third kappa shape index (κ3) is 2.19. The van der Waals surface area contributed by atoms with Crippen LogP contribution in [0.5, 0.6) is 0 Å². The van der Waals surface area contributed by atoms with Crippen molar-refractivity contribution in [1.82, 2.24) is 4.90 Å². The van der Waals surface area contributed by atoms with E-state index in [1.807, 2.05) is 29.2 Å². The van der Waals surface area contributed by atoms with Gasteiger partial charge in [-0.1, -0.05) is 23.9 Å². The van der Waals surface area contributed by atoms with E-state index in [1.54, 1.807) is 23.8 Å². The Morgan fingerprint density at radius 1 is 1.30 bits per heavy atom. The first kappa shape index (κ1) is 15.0. The molecule has 0 saturated carbocycles. The SMILES string of the molecule is COC1CCN(C(=O)[C@@]23CCC(=O)N2c2ccccc2S3)CC1. The zero-order valence-electron chi connectivity index (χ0n) is 13.2. The monoisotopic (exact) mass is 332 g/mol. The number of methoxy groups -OCH3 is 1. The van der Waals surface area contributed by atoms with Gasteiger partial charge in [0.05, 0.1) is 11.8 Å². The van der Waals surface area contributed by atoms with Gasteiger partial charge in [0, 0.05) is 31.5 Å². The van der Waals surface area contributed by atoms with Gasteiger partial charge in [-0.15, -0.1) is 0 Å². The Morgan fingerprint density at radius 2 is 2.04 bits per heavy atom. The lowest BCUT2D eigenvalue weighted by Crippen LogP contribution is -2.55. The molecule has 1 atom stereocenters. The van der Waals surface area contributed by atoms with Crippen LogP contribution in [0.1, 0.15) is 25.7 Å². The number of thioether (sulfide) groups is 1. The van der Waals surface area contributed by atoms with Crippen LogP contribution < -0.4 is 4.90 Å². The number of nitrogens with zero attached hydrogens (tertiary/aromatic N) is 2. The Hall–Kier alpha value is -1.53. The van der Waals surface area contributed by atoms with Crippen molar-refractivity contribution >= 4 is 29.3 Å². The Balaban J connectivity index is 1.63. The number of likely N-dealkylation sites (tertiary alicyclic amines) is 1. The van der Waals surface area contributed by atoms with E-state index >= 15 is 0 Å². The van der Waals surface area contributed by atoms with E-state index in [1.165, 1.54) is 0 Å². The number of hydrogen-bond acceptors (Lipinski definition) is 4. The van der Waals surface area contributed by atoms with Crippen LogP contribution in [-0.2, 0) is 14.3 Å². The third-order valence-electron chi connectivity index (χ3n) is 5.07. The summed E-state index contributed by atoms with van der Waals surface area (Å²) in [4.78, 5) is 29.6. The molecule has 1 aromatic carbocycles. The second-order valence-corrected chi connectivity index (χ2v) is 7.63. The predicted molar refractivity (Wildman–Crippen MR) is 88.4 cm³/mol. The largest absolute Gasteiger partial charge is 0.381 e. The second-order valence-electron chi connectivity index (χ2n) is 6.31. The molecule has 2 amide bonds. The molecule has 0 radical (unpaired) electrons. The highest BCUT2D eigenvalue weighted by atomic mass is 32.2. The topological polar surface area (TPSA) is 49.9 Å². The van der Waals surface area contributed by atoms with Gasteiger partial charge < -0.3 is 9.64 Å². The highest BCUT2D eigenvalue weighted by Gasteiger charge is 2.58. The van der Waals surface area contributed by atoms with E-state index in [0.717, 1.165) is 23.4 Å². The van der Waals surface area contributed by atoms with Crippen molar-refractivity contribution in [3.63, 3.8) is 0 Å². The van der Waals surface area contributed by atoms with E-state index in [0.29, 0.717) is 25.9 Å². The fourth-order valence-corrected chi connectivity index (χ4v) is 5.31. The third-order valence-corrected chi connectivity index (χ3v) is 6.53. The summed E-state index contributed by atoms with van der Waals surface area (Å²) >= 11 is 1.55. The minimum Gasteiger partial charge on any atom is -0.381 e. The standard InChI is InChI=1S/C17H20N2O3S/c1-22-12-7-10-18(11-8-12)16(21)17-9-6-15(20)19(17)13-4-2-3-5-14(13)23-17/h2-5,12H,6-11H2,1H3/t17-/m0/s1. The van der Waals surface area contributed by atoms with Crippen molar-refractivity contribution in [2.75, 3.05) is 25.1 Å². The van der Waals surface area contributed by atoms with Crippen molar-refractivity contribution in [1.29, 1.82) is 0 Å². The molecule has 23 heavy (non-hydrogen) atoms. The number of carbonyl (C=O) groups excluding carboxylic acids is 2. The van der Waals surface area contributed by atoms with Gasteiger partial charge in [0.25, 0.3) is 5.91 Å². The molecular formula is C17H20N2O3S. The quantitative estimate of drug-likeness (QED) is 0.833. The Bertz CT molecular complexity index is 657. The number of ether oxygens (including phenoxy) is 1. The predicted octanol–water partition coefficient (Wildman–Crippen LogP) is 2.25. The van der Waals surface area contributed by atoms with E-state index in [-0.39, 0.29) is 17.9 Å². The number of carbonyl (C=O) groups is 2. The molecule has 0 spiro atoms. The molecule has 0 aromatic heterocycles. The Kier molecular flexibility index (Phi) is 3.61. The minimum atomic E-state index is -0.763. The maximum atomic E-state index is 13.3. The lowest BCUT2D eigenvalue weighted by atomic mass is 10.1. The summed E-state index contributed by atoms with van der Waals surface area (Å²) < 4.78 is 5.39. The molecule has 2 fully saturated rings. The maximum Gasteiger partial charge on any atom is 0.259 e. The Labute approximate surface area is 140 Å². The summed E-state index contributed by atoms with van der Waals surface area (Å²) in [5.74, 6) is 0.140. The minimum absolute atomic E-state index is 0.0579. The summed E-state index contributed by atoms with van der Waals surface area (Å²) in [6.45, 7) is 1.41. The van der Waals surface area contributed by atoms with E-state index in [9.17, 15) is 9.59 Å². The van der Waals surface area contributed by atoms with Crippen molar-refractivity contribution in [3.05, 3.63) is 24.3 Å². The molecule has 0 bridgehead atoms. The molecule has 3 aliphatic heterocycles. The molecule has 2 saturated heterocycles. The van der Waals surface area contributed by atoms with Crippen LogP contribution in [0.3, 0.4) is 0 Å². The summed E-state index contributed by atoms with van der Waals surface area (Å²) in [6, 6.07) is 7.83. The van der Waals surface area contributed by atoms with Crippen LogP contribution in [0.4, 0.5) is 5.69 Å². The first-order valence-corrected chi connectivity index (χ1v) is 8.90. The molecule has 0 aliphatic carbocycles. The van der Waals surface area contributed by atoms with E-state index in [4.69, 9.17) is 4.74 Å². The number of piperidine rings is 1. The number of amides is 2. The van der Waals surface area contributed by atoms with Crippen LogP contribution in [-0.4, -0.2) is 47.9 Å². The van der Waals surface area contributed by atoms with Crippen molar-refractivity contribution in [2.45, 2.75) is 41.6 Å². The zero-order chi connectivity index (χ0) is 16.0. The number of para-hydroxylation sites is 1. The van der Waals surface area contributed by atoms with Crippen LogP contribution in [0.15, 0.2) is 29.2 Å². The molecule has 1 aromatic rings. The number of fused-ring (bicyclic) bond motifs is 3. The van der Waals surface area contributed by atoms with Crippen LogP contribution in [0, 0.1) is 0 Å². The molecule has 0 unspecified atom stereocenters. The maximum absolute atomic E-state index is 13.3. The molecular weight excluding hydrogens is 312 g/mol. The van der Waals surface area contributed by atoms with Gasteiger partial charge in [0.1, 0.15) is 0 Å². The molecule has 6 heteroatoms. The fraction of sp³-hybridized carbons (Fsp3) is 0.529. The lowest BCUT2D eigenvalue weighted by Gasteiger charge is -2.38. The van der Waals surface area contributed by atoms with Gasteiger partial charge in [0.2, 0.25) is 5.91 Å². The first-order chi connectivity index (χ1) is 11.2. The van der Waals surface area contributed by atoms with Crippen LogP contribution in [0.2, 0.25) is 0 Å².